The molecule has 2 amide bonds. The number of ether oxygens (including phenoxy) is 2. The third-order valence-electron chi connectivity index (χ3n) is 5.43. The maximum Gasteiger partial charge on any atom is 0.266 e. The van der Waals surface area contributed by atoms with Crippen molar-refractivity contribution in [1.29, 1.82) is 5.26 Å². The number of hydrogen-bond acceptors (Lipinski definition) is 5. The molecule has 0 aromatic heterocycles. The van der Waals surface area contributed by atoms with Gasteiger partial charge in [0.15, 0.2) is 18.1 Å². The van der Waals surface area contributed by atoms with Crippen LogP contribution in [-0.2, 0) is 9.59 Å². The van der Waals surface area contributed by atoms with Crippen molar-refractivity contribution in [2.24, 2.45) is 0 Å². The van der Waals surface area contributed by atoms with E-state index in [0.717, 1.165) is 16.7 Å². The minimum Gasteiger partial charge on any atom is -0.493 e. The molecule has 0 radical (unpaired) electrons. The molecule has 0 saturated carbocycles. The quantitative estimate of drug-likeness (QED) is 0.268. The molecule has 0 atom stereocenters. The number of rotatable bonds is 8. The van der Waals surface area contributed by atoms with Crippen LogP contribution in [0.2, 0.25) is 0 Å². The van der Waals surface area contributed by atoms with Crippen molar-refractivity contribution in [3.05, 3.63) is 86.9 Å². The molecule has 0 saturated heterocycles. The number of nitrogens with one attached hydrogen (secondary N) is 2. The van der Waals surface area contributed by atoms with Gasteiger partial charge in [0.1, 0.15) is 11.6 Å². The smallest absolute Gasteiger partial charge is 0.266 e. The Hall–Kier alpha value is -4.09. The summed E-state index contributed by atoms with van der Waals surface area (Å²) in [5.74, 6) is -0.179. The van der Waals surface area contributed by atoms with Gasteiger partial charge in [-0.2, -0.15) is 5.26 Å². The second kappa shape index (κ2) is 12.0. The lowest BCUT2D eigenvalue weighted by Gasteiger charge is -2.14. The van der Waals surface area contributed by atoms with Gasteiger partial charge in [0, 0.05) is 11.4 Å². The molecule has 184 valence electrons. The third kappa shape index (κ3) is 6.74. The van der Waals surface area contributed by atoms with Crippen LogP contribution in [0.3, 0.4) is 0 Å². The fourth-order valence-corrected chi connectivity index (χ4v) is 3.99. The van der Waals surface area contributed by atoms with Gasteiger partial charge in [-0.1, -0.05) is 24.3 Å². The van der Waals surface area contributed by atoms with Crippen molar-refractivity contribution < 1.29 is 19.1 Å². The molecular weight excluding hydrogens is 522 g/mol. The van der Waals surface area contributed by atoms with Crippen molar-refractivity contribution >= 4 is 45.2 Å². The molecule has 0 spiro atoms. The first kappa shape index (κ1) is 26.5. The van der Waals surface area contributed by atoms with Crippen LogP contribution in [-0.4, -0.2) is 25.5 Å². The van der Waals surface area contributed by atoms with Crippen LogP contribution in [0.1, 0.15) is 22.3 Å². The second-order valence-electron chi connectivity index (χ2n) is 8.11. The topological polar surface area (TPSA) is 100 Å². The van der Waals surface area contributed by atoms with Gasteiger partial charge in [0.2, 0.25) is 0 Å². The van der Waals surface area contributed by atoms with Crippen LogP contribution in [0, 0.1) is 32.1 Å². The van der Waals surface area contributed by atoms with Gasteiger partial charge in [-0.3, -0.25) is 9.59 Å². The number of nitrogens with zero attached hydrogens (tertiary/aromatic N) is 1. The normalized spacial score (nSPS) is 10.8. The predicted octanol–water partition coefficient (Wildman–Crippen LogP) is 5.95. The molecule has 3 rings (SSSR count). The summed E-state index contributed by atoms with van der Waals surface area (Å²) in [4.78, 5) is 25.1. The highest BCUT2D eigenvalue weighted by Gasteiger charge is 2.16. The van der Waals surface area contributed by atoms with E-state index in [-0.39, 0.29) is 18.1 Å². The van der Waals surface area contributed by atoms with E-state index in [9.17, 15) is 14.9 Å². The monoisotopic (exact) mass is 547 g/mol. The fourth-order valence-electron chi connectivity index (χ4n) is 3.41. The summed E-state index contributed by atoms with van der Waals surface area (Å²) in [6.07, 6.45) is 1.46. The van der Waals surface area contributed by atoms with Gasteiger partial charge >= 0.3 is 0 Å². The van der Waals surface area contributed by atoms with E-state index in [2.05, 4.69) is 26.6 Å². The van der Waals surface area contributed by atoms with Crippen molar-refractivity contribution in [1.82, 2.24) is 0 Å². The van der Waals surface area contributed by atoms with E-state index in [1.807, 2.05) is 57.2 Å². The van der Waals surface area contributed by atoms with Gasteiger partial charge in [-0.05, 0) is 95.4 Å². The van der Waals surface area contributed by atoms with Gasteiger partial charge < -0.3 is 20.1 Å². The molecule has 3 aromatic rings. The SMILES string of the molecule is COc1cc(/C=C(\C#N)C(=O)Nc2cccc(C)c2C)cc(Br)c1OCC(=O)Nc1cccc(C)c1. The standard InChI is InChI=1S/C28H26BrN3O4/c1-17-7-5-9-22(11-17)31-26(33)16-36-27-23(29)13-20(14-25(27)35-4)12-21(15-30)28(34)32-24-10-6-8-18(2)19(24)3/h5-14H,16H2,1-4H3,(H,31,33)(H,32,34)/b21-12+. The first-order valence-electron chi connectivity index (χ1n) is 11.1. The third-order valence-corrected chi connectivity index (χ3v) is 6.02. The highest BCUT2D eigenvalue weighted by molar-refractivity contribution is 9.10. The zero-order valence-electron chi connectivity index (χ0n) is 20.4. The Bertz CT molecular complexity index is 1380. The molecule has 0 aliphatic heterocycles. The summed E-state index contributed by atoms with van der Waals surface area (Å²) in [7, 11) is 1.47. The highest BCUT2D eigenvalue weighted by Crippen LogP contribution is 2.37. The average molecular weight is 548 g/mol. The predicted molar refractivity (Wildman–Crippen MR) is 144 cm³/mol. The summed E-state index contributed by atoms with van der Waals surface area (Å²) in [5.41, 5.74) is 4.79. The molecule has 8 heteroatoms. The second-order valence-corrected chi connectivity index (χ2v) is 8.97. The summed E-state index contributed by atoms with van der Waals surface area (Å²) < 4.78 is 11.6. The highest BCUT2D eigenvalue weighted by atomic mass is 79.9. The number of amides is 2. The van der Waals surface area contributed by atoms with Crippen LogP contribution in [0.4, 0.5) is 11.4 Å². The van der Waals surface area contributed by atoms with Crippen molar-refractivity contribution in [3.8, 4) is 17.6 Å². The van der Waals surface area contributed by atoms with Crippen molar-refractivity contribution in [3.63, 3.8) is 0 Å². The Balaban J connectivity index is 1.76. The maximum absolute atomic E-state index is 12.8. The number of benzene rings is 3. The van der Waals surface area contributed by atoms with Gasteiger partial charge in [-0.15, -0.1) is 0 Å². The molecule has 7 nitrogen and oxygen atoms in total. The van der Waals surface area contributed by atoms with Crippen LogP contribution < -0.4 is 20.1 Å². The molecule has 2 N–H and O–H groups in total. The number of nitriles is 1. The van der Waals surface area contributed by atoms with E-state index in [1.54, 1.807) is 24.3 Å². The number of anilines is 2. The summed E-state index contributed by atoms with van der Waals surface area (Å²) in [6, 6.07) is 18.3. The average Bonchev–Trinajstić information content (AvgIpc) is 2.84. The van der Waals surface area contributed by atoms with E-state index in [1.165, 1.54) is 13.2 Å². The molecule has 0 fully saturated rings. The van der Waals surface area contributed by atoms with E-state index in [0.29, 0.717) is 32.9 Å². The zero-order valence-corrected chi connectivity index (χ0v) is 22.0. The number of methoxy groups -OCH3 is 1. The molecule has 0 heterocycles. The number of carbonyl (C=O) groups excluding carboxylic acids is 2. The Labute approximate surface area is 218 Å². The number of halogens is 1. The van der Waals surface area contributed by atoms with Crippen LogP contribution in [0.25, 0.3) is 6.08 Å². The molecular formula is C28H26BrN3O4. The largest absolute Gasteiger partial charge is 0.493 e. The lowest BCUT2D eigenvalue weighted by atomic mass is 10.1. The van der Waals surface area contributed by atoms with Crippen molar-refractivity contribution in [2.75, 3.05) is 24.4 Å². The van der Waals surface area contributed by atoms with Crippen LogP contribution >= 0.6 is 15.9 Å². The lowest BCUT2D eigenvalue weighted by Crippen LogP contribution is -2.20. The molecule has 36 heavy (non-hydrogen) atoms. The molecule has 0 unspecified atom stereocenters. The Morgan fingerprint density at radius 3 is 2.50 bits per heavy atom. The summed E-state index contributed by atoms with van der Waals surface area (Å²) >= 11 is 3.44. The maximum atomic E-state index is 12.8. The van der Waals surface area contributed by atoms with Crippen LogP contribution in [0.5, 0.6) is 11.5 Å². The minimum atomic E-state index is -0.519. The first-order valence-corrected chi connectivity index (χ1v) is 11.9. The Morgan fingerprint density at radius 1 is 1.06 bits per heavy atom. The Morgan fingerprint density at radius 2 is 1.81 bits per heavy atom. The molecule has 0 aliphatic rings. The van der Waals surface area contributed by atoms with Gasteiger partial charge in [0.25, 0.3) is 11.8 Å². The fraction of sp³-hybridized carbons (Fsp3) is 0.179. The van der Waals surface area contributed by atoms with E-state index >= 15 is 0 Å². The minimum absolute atomic E-state index is 0.0731. The zero-order chi connectivity index (χ0) is 26.2. The number of hydrogen-bond donors (Lipinski definition) is 2. The summed E-state index contributed by atoms with van der Waals surface area (Å²) in [6.45, 7) is 5.56. The number of aryl methyl sites for hydroxylation is 2. The Kier molecular flexibility index (Phi) is 8.87. The van der Waals surface area contributed by atoms with Crippen LogP contribution in [0.15, 0.2) is 64.6 Å². The molecule has 0 aliphatic carbocycles. The lowest BCUT2D eigenvalue weighted by molar-refractivity contribution is -0.118. The first-order chi connectivity index (χ1) is 17.2. The molecule has 3 aromatic carbocycles. The molecule has 0 bridgehead atoms. The summed E-state index contributed by atoms with van der Waals surface area (Å²) in [5, 5.41) is 15.2. The van der Waals surface area contributed by atoms with Gasteiger partial charge in [-0.25, -0.2) is 0 Å². The van der Waals surface area contributed by atoms with Gasteiger partial charge in [0.05, 0.1) is 11.6 Å². The van der Waals surface area contributed by atoms with E-state index < -0.39 is 5.91 Å². The van der Waals surface area contributed by atoms with E-state index in [4.69, 9.17) is 9.47 Å². The number of carbonyl (C=O) groups is 2. The van der Waals surface area contributed by atoms with Crippen molar-refractivity contribution in [2.45, 2.75) is 20.8 Å².